The van der Waals surface area contributed by atoms with Crippen LogP contribution in [0.4, 0.5) is 0 Å². The van der Waals surface area contributed by atoms with Crippen molar-refractivity contribution >= 4 is 24.2 Å². The van der Waals surface area contributed by atoms with E-state index in [0.717, 1.165) is 6.42 Å². The molecule has 0 radical (unpaired) electrons. The summed E-state index contributed by atoms with van der Waals surface area (Å²) in [6.07, 6.45) is 1.20. The van der Waals surface area contributed by atoms with Gasteiger partial charge in [-0.1, -0.05) is 91.8 Å². The number of hydrogen-bond donors (Lipinski definition) is 0. The van der Waals surface area contributed by atoms with Crippen molar-refractivity contribution in [1.29, 1.82) is 5.26 Å². The number of rotatable bonds is 4. The van der Waals surface area contributed by atoms with E-state index in [2.05, 4.69) is 75.4 Å². The van der Waals surface area contributed by atoms with Crippen LogP contribution >= 0.6 is 0 Å². The van der Waals surface area contributed by atoms with E-state index in [1.807, 2.05) is 12.1 Å². The first kappa shape index (κ1) is 17.6. The van der Waals surface area contributed by atoms with Gasteiger partial charge in [-0.25, -0.2) is 0 Å². The van der Waals surface area contributed by atoms with Crippen molar-refractivity contribution in [3.8, 4) is 6.07 Å². The molecular formula is C22H25NOSi. The van der Waals surface area contributed by atoms with E-state index in [0.29, 0.717) is 12.2 Å². The van der Waals surface area contributed by atoms with Crippen molar-refractivity contribution in [2.45, 2.75) is 44.2 Å². The third-order valence-corrected chi connectivity index (χ3v) is 12.2. The maximum absolute atomic E-state index is 13.1. The van der Waals surface area contributed by atoms with Crippen molar-refractivity contribution in [2.75, 3.05) is 0 Å². The van der Waals surface area contributed by atoms with Crippen molar-refractivity contribution in [3.63, 3.8) is 0 Å². The van der Waals surface area contributed by atoms with Crippen LogP contribution in [-0.2, 0) is 4.79 Å². The van der Waals surface area contributed by atoms with Crippen molar-refractivity contribution in [1.82, 2.24) is 0 Å². The van der Waals surface area contributed by atoms with Gasteiger partial charge in [0.1, 0.15) is 13.9 Å². The molecule has 0 amide bonds. The first-order chi connectivity index (χ1) is 11.9. The number of nitriles is 1. The summed E-state index contributed by atoms with van der Waals surface area (Å²) in [5.41, 5.74) is 0.0515. The molecule has 1 fully saturated rings. The first-order valence-corrected chi connectivity index (χ1v) is 11.0. The topological polar surface area (TPSA) is 40.9 Å². The van der Waals surface area contributed by atoms with Crippen LogP contribution in [0.15, 0.2) is 60.7 Å². The second kappa shape index (κ2) is 6.61. The lowest BCUT2D eigenvalue weighted by atomic mass is 9.81. The van der Waals surface area contributed by atoms with E-state index in [9.17, 15) is 4.79 Å². The minimum absolute atomic E-state index is 0.00630. The normalized spacial score (nSPS) is 20.6. The number of nitrogens with zero attached hydrogens (tertiary/aromatic N) is 1. The lowest BCUT2D eigenvalue weighted by Crippen LogP contribution is -2.71. The molecule has 25 heavy (non-hydrogen) atoms. The zero-order chi connectivity index (χ0) is 18.1. The first-order valence-electron chi connectivity index (χ1n) is 8.94. The van der Waals surface area contributed by atoms with E-state index in [-0.39, 0.29) is 16.5 Å². The highest BCUT2D eigenvalue weighted by Crippen LogP contribution is 2.52. The van der Waals surface area contributed by atoms with Gasteiger partial charge in [0.25, 0.3) is 0 Å². The van der Waals surface area contributed by atoms with E-state index in [1.54, 1.807) is 0 Å². The lowest BCUT2D eigenvalue weighted by molar-refractivity contribution is -0.129. The lowest BCUT2D eigenvalue weighted by Gasteiger charge is -2.53. The fraction of sp³-hybridized carbons (Fsp3) is 0.364. The average Bonchev–Trinajstić information content (AvgIpc) is 2.61. The zero-order valence-corrected chi connectivity index (χ0v) is 16.2. The monoisotopic (exact) mass is 347 g/mol. The van der Waals surface area contributed by atoms with E-state index in [1.165, 1.54) is 10.4 Å². The van der Waals surface area contributed by atoms with Crippen LogP contribution in [0.25, 0.3) is 0 Å². The molecule has 0 aromatic heterocycles. The molecule has 0 bridgehead atoms. The molecule has 0 heterocycles. The molecule has 0 N–H and O–H groups in total. The van der Waals surface area contributed by atoms with Gasteiger partial charge in [-0.2, -0.15) is 5.26 Å². The summed E-state index contributed by atoms with van der Waals surface area (Å²) >= 11 is 0. The van der Waals surface area contributed by atoms with Crippen molar-refractivity contribution in [3.05, 3.63) is 60.7 Å². The summed E-state index contributed by atoms with van der Waals surface area (Å²) in [7, 11) is -2.36. The Kier molecular flexibility index (Phi) is 4.66. The highest BCUT2D eigenvalue weighted by atomic mass is 28.3. The number of benzene rings is 2. The Hall–Kier alpha value is -2.18. The largest absolute Gasteiger partial charge is 0.299 e. The van der Waals surface area contributed by atoms with Gasteiger partial charge in [-0.05, 0) is 11.5 Å². The van der Waals surface area contributed by atoms with Gasteiger partial charge in [0.2, 0.25) is 0 Å². The summed E-state index contributed by atoms with van der Waals surface area (Å²) in [5, 5.41) is 11.6. The molecule has 1 aliphatic rings. The molecule has 0 saturated heterocycles. The molecule has 2 nitrogen and oxygen atoms in total. The molecule has 0 spiro atoms. The Morgan fingerprint density at radius 1 is 1.00 bits per heavy atom. The molecule has 2 aromatic rings. The molecule has 2 aromatic carbocycles. The highest BCUT2D eigenvalue weighted by molar-refractivity contribution is 7.07. The third-order valence-electron chi connectivity index (χ3n) is 5.77. The van der Waals surface area contributed by atoms with Gasteiger partial charge in [-0.15, -0.1) is 0 Å². The predicted molar refractivity (Wildman–Crippen MR) is 105 cm³/mol. The predicted octanol–water partition coefficient (Wildman–Crippen LogP) is 3.92. The number of carbonyl (C=O) groups excluding carboxylic acids is 1. The molecule has 128 valence electrons. The van der Waals surface area contributed by atoms with Crippen LogP contribution in [0.1, 0.15) is 33.6 Å². The van der Waals surface area contributed by atoms with Gasteiger partial charge in [0.05, 0.1) is 6.07 Å². The van der Waals surface area contributed by atoms with Crippen LogP contribution in [0.3, 0.4) is 0 Å². The molecule has 3 rings (SSSR count). The fourth-order valence-corrected chi connectivity index (χ4v) is 11.3. The van der Waals surface area contributed by atoms with Gasteiger partial charge in [0, 0.05) is 17.9 Å². The number of Topliss-reactive ketones (excluding diaryl/α,β-unsaturated/α-hetero) is 1. The average molecular weight is 348 g/mol. The Morgan fingerprint density at radius 2 is 1.48 bits per heavy atom. The molecule has 2 unspecified atom stereocenters. The van der Waals surface area contributed by atoms with Crippen molar-refractivity contribution in [2.24, 2.45) is 5.92 Å². The Labute approximate surface area is 151 Å². The standard InChI is InChI=1S/C22H25NOSi/c1-22(2,3)25(18-10-6-4-7-11-18,19-12-8-5-9-13-19)20-16-17(14-15-23)21(20)24/h4-13,17,20H,14,16H2,1-3H3. The minimum atomic E-state index is -2.36. The third kappa shape index (κ3) is 2.75. The fourth-order valence-electron chi connectivity index (χ4n) is 4.68. The van der Waals surface area contributed by atoms with Crippen LogP contribution in [0.2, 0.25) is 10.6 Å². The summed E-state index contributed by atoms with van der Waals surface area (Å²) in [5.74, 6) is 0.229. The quantitative estimate of drug-likeness (QED) is 0.787. The summed E-state index contributed by atoms with van der Waals surface area (Å²) < 4.78 is 0. The smallest absolute Gasteiger partial charge is 0.138 e. The highest BCUT2D eigenvalue weighted by Gasteiger charge is 2.60. The van der Waals surface area contributed by atoms with E-state index in [4.69, 9.17) is 5.26 Å². The molecule has 0 aliphatic heterocycles. The summed E-state index contributed by atoms with van der Waals surface area (Å²) in [4.78, 5) is 13.1. The molecule has 1 aliphatic carbocycles. The number of carbonyl (C=O) groups is 1. The van der Waals surface area contributed by atoms with Gasteiger partial charge >= 0.3 is 0 Å². The van der Waals surface area contributed by atoms with Crippen LogP contribution in [-0.4, -0.2) is 13.9 Å². The molecule has 2 atom stereocenters. The molecular weight excluding hydrogens is 322 g/mol. The SMILES string of the molecule is CC(C)(C)[Si](c1ccccc1)(c1ccccc1)C1CC(CC#N)C1=O. The molecule has 3 heteroatoms. The zero-order valence-electron chi connectivity index (χ0n) is 15.2. The minimum Gasteiger partial charge on any atom is -0.299 e. The van der Waals surface area contributed by atoms with Crippen molar-refractivity contribution < 1.29 is 4.79 Å². The second-order valence-electron chi connectivity index (χ2n) is 8.04. The second-order valence-corrected chi connectivity index (χ2v) is 13.0. The van der Waals surface area contributed by atoms with Gasteiger partial charge in [-0.3, -0.25) is 4.79 Å². The number of hydrogen-bond acceptors (Lipinski definition) is 2. The Bertz CT molecular complexity index is 747. The van der Waals surface area contributed by atoms with Gasteiger partial charge < -0.3 is 0 Å². The maximum atomic E-state index is 13.1. The van der Waals surface area contributed by atoms with Crippen LogP contribution < -0.4 is 10.4 Å². The molecule has 1 saturated carbocycles. The van der Waals surface area contributed by atoms with Crippen LogP contribution in [0.5, 0.6) is 0 Å². The van der Waals surface area contributed by atoms with E-state index >= 15 is 0 Å². The van der Waals surface area contributed by atoms with Crippen LogP contribution in [0, 0.1) is 17.2 Å². The Morgan fingerprint density at radius 3 is 1.84 bits per heavy atom. The summed E-state index contributed by atoms with van der Waals surface area (Å²) in [6.45, 7) is 6.85. The van der Waals surface area contributed by atoms with E-state index < -0.39 is 8.07 Å². The Balaban J connectivity index is 2.21. The maximum Gasteiger partial charge on any atom is 0.138 e. The summed E-state index contributed by atoms with van der Waals surface area (Å²) in [6, 6.07) is 23.4. The van der Waals surface area contributed by atoms with Gasteiger partial charge in [0.15, 0.2) is 0 Å². The number of ketones is 1.